The Balaban J connectivity index is 2.14. The average Bonchev–Trinajstić information content (AvgIpc) is 2.60. The third-order valence-electron chi connectivity index (χ3n) is 3.51. The number of hydrogen-bond acceptors (Lipinski definition) is 4. The van der Waals surface area contributed by atoms with E-state index in [1.807, 2.05) is 5.32 Å². The molecule has 144 valence electrons. The maximum absolute atomic E-state index is 12.6. The lowest BCUT2D eigenvalue weighted by molar-refractivity contribution is -0.242. The lowest BCUT2D eigenvalue weighted by Crippen LogP contribution is -2.52. The van der Waals surface area contributed by atoms with Gasteiger partial charge in [-0.1, -0.05) is 11.6 Å². The zero-order valence-electron chi connectivity index (χ0n) is 13.6. The highest BCUT2D eigenvalue weighted by atomic mass is 35.5. The minimum atomic E-state index is -5.14. The number of anilines is 2. The summed E-state index contributed by atoms with van der Waals surface area (Å²) < 4.78 is 38.7. The minimum Gasteiger partial charge on any atom is -0.373 e. The molecule has 1 heterocycles. The van der Waals surface area contributed by atoms with Crippen molar-refractivity contribution >= 4 is 46.6 Å². The Labute approximate surface area is 161 Å². The van der Waals surface area contributed by atoms with Crippen LogP contribution in [0, 0.1) is 0 Å². The molecule has 1 aromatic carbocycles. The topological polar surface area (TPSA) is 82.5 Å². The smallest absolute Gasteiger partial charge is 0.373 e. The first-order chi connectivity index (χ1) is 12.4. The van der Waals surface area contributed by atoms with Crippen LogP contribution in [0.15, 0.2) is 42.6 Å². The fourth-order valence-electron chi connectivity index (χ4n) is 1.82. The summed E-state index contributed by atoms with van der Waals surface area (Å²) in [4.78, 5) is 27.8. The van der Waals surface area contributed by atoms with Crippen LogP contribution in [0.25, 0.3) is 0 Å². The molecule has 0 saturated carbocycles. The number of nitrogens with one attached hydrogen (secondary N) is 1. The molecule has 27 heavy (non-hydrogen) atoms. The van der Waals surface area contributed by atoms with Crippen LogP contribution < -0.4 is 9.74 Å². The minimum absolute atomic E-state index is 0.000819. The summed E-state index contributed by atoms with van der Waals surface area (Å²) in [6, 6.07) is 7.84. The number of aromatic nitrogens is 1. The second kappa shape index (κ2) is 7.71. The highest BCUT2D eigenvalue weighted by Gasteiger charge is 2.55. The van der Waals surface area contributed by atoms with Crippen LogP contribution in [0.1, 0.15) is 17.3 Å². The quantitative estimate of drug-likeness (QED) is 0.581. The van der Waals surface area contributed by atoms with Crippen molar-refractivity contribution in [1.29, 1.82) is 0 Å². The summed E-state index contributed by atoms with van der Waals surface area (Å²) in [7, 11) is 0. The maximum Gasteiger partial charge on any atom is 0.426 e. The number of amides is 2. The Hall–Kier alpha value is -2.36. The number of pyridine rings is 1. The van der Waals surface area contributed by atoms with Gasteiger partial charge in [0.05, 0.1) is 5.69 Å². The van der Waals surface area contributed by atoms with Gasteiger partial charge in [0.25, 0.3) is 11.8 Å². The van der Waals surface area contributed by atoms with E-state index in [-0.39, 0.29) is 22.1 Å². The molecule has 1 atom stereocenters. The largest absolute Gasteiger partial charge is 0.426 e. The van der Waals surface area contributed by atoms with Gasteiger partial charge in [-0.15, -0.1) is 0 Å². The van der Waals surface area contributed by atoms with Gasteiger partial charge in [-0.25, -0.2) is 9.40 Å². The number of nitrogens with zero attached hydrogens (tertiary/aromatic N) is 2. The molecule has 0 aliphatic heterocycles. The van der Waals surface area contributed by atoms with Crippen LogP contribution in [0.5, 0.6) is 0 Å². The molecule has 0 bridgehead atoms. The molecule has 6 nitrogen and oxygen atoms in total. The molecule has 0 aliphatic carbocycles. The van der Waals surface area contributed by atoms with Gasteiger partial charge < -0.3 is 10.4 Å². The van der Waals surface area contributed by atoms with Crippen molar-refractivity contribution < 1.29 is 27.9 Å². The van der Waals surface area contributed by atoms with Crippen molar-refractivity contribution in [2.24, 2.45) is 0 Å². The molecule has 1 aromatic heterocycles. The van der Waals surface area contributed by atoms with Crippen LogP contribution >= 0.6 is 23.4 Å². The van der Waals surface area contributed by atoms with Gasteiger partial charge in [-0.05, 0) is 43.3 Å². The Morgan fingerprint density at radius 3 is 2.30 bits per heavy atom. The highest BCUT2D eigenvalue weighted by molar-refractivity contribution is 6.42. The maximum atomic E-state index is 12.6. The molecular weight excluding hydrogens is 410 g/mol. The van der Waals surface area contributed by atoms with Gasteiger partial charge in [0.15, 0.2) is 5.15 Å². The second-order valence-electron chi connectivity index (χ2n) is 5.50. The van der Waals surface area contributed by atoms with Crippen LogP contribution in [-0.2, 0) is 4.79 Å². The molecular formula is C16H12Cl2F3N3O3. The summed E-state index contributed by atoms with van der Waals surface area (Å²) in [5.74, 6) is -2.33. The van der Waals surface area contributed by atoms with Crippen molar-refractivity contribution in [3.63, 3.8) is 0 Å². The van der Waals surface area contributed by atoms with E-state index in [0.29, 0.717) is 6.92 Å². The van der Waals surface area contributed by atoms with E-state index < -0.39 is 23.6 Å². The molecule has 2 aromatic rings. The van der Waals surface area contributed by atoms with Crippen molar-refractivity contribution in [2.75, 3.05) is 9.74 Å². The Kier molecular flexibility index (Phi) is 5.98. The molecule has 0 fully saturated rings. The van der Waals surface area contributed by atoms with Crippen LogP contribution in [0.3, 0.4) is 0 Å². The number of aliphatic hydroxyl groups is 1. The second-order valence-corrected chi connectivity index (χ2v) is 6.20. The van der Waals surface area contributed by atoms with Crippen molar-refractivity contribution in [1.82, 2.24) is 4.98 Å². The summed E-state index contributed by atoms with van der Waals surface area (Å²) in [6.07, 6.45) is -3.73. The molecule has 0 aliphatic rings. The SMILES string of the molecule is C[C@@](O)(C(=O)Nc1ccc(C(=O)N(Cl)c2cccnc2Cl)cc1)C(F)(F)F. The molecule has 0 saturated heterocycles. The number of alkyl halides is 3. The first-order valence-electron chi connectivity index (χ1n) is 7.26. The standard InChI is InChI=1S/C16H12Cl2F3N3O3/c1-15(27,16(19,20)21)14(26)23-10-6-4-9(5-7-10)13(25)24(18)11-3-2-8-22-12(11)17/h2-8,27H,1H3,(H,23,26)/t15-/m1/s1. The van der Waals surface area contributed by atoms with E-state index in [4.69, 9.17) is 23.4 Å². The zero-order valence-corrected chi connectivity index (χ0v) is 15.1. The van der Waals surface area contributed by atoms with Gasteiger partial charge >= 0.3 is 6.18 Å². The van der Waals surface area contributed by atoms with Crippen molar-refractivity contribution in [2.45, 2.75) is 18.7 Å². The van der Waals surface area contributed by atoms with Gasteiger partial charge in [-0.3, -0.25) is 9.59 Å². The Morgan fingerprint density at radius 1 is 1.19 bits per heavy atom. The van der Waals surface area contributed by atoms with Gasteiger partial charge in [0.1, 0.15) is 0 Å². The van der Waals surface area contributed by atoms with Crippen molar-refractivity contribution in [3.8, 4) is 0 Å². The highest BCUT2D eigenvalue weighted by Crippen LogP contribution is 2.31. The molecule has 2 amide bonds. The molecule has 2 rings (SSSR count). The van der Waals surface area contributed by atoms with E-state index in [9.17, 15) is 27.9 Å². The number of hydrogen-bond donors (Lipinski definition) is 2. The number of benzene rings is 1. The number of carbonyl (C=O) groups is 2. The summed E-state index contributed by atoms with van der Waals surface area (Å²) in [5.41, 5.74) is -3.40. The number of rotatable bonds is 4. The van der Waals surface area contributed by atoms with Crippen LogP contribution in [-0.4, -0.2) is 33.7 Å². The third-order valence-corrected chi connectivity index (χ3v) is 4.14. The van der Waals surface area contributed by atoms with Crippen LogP contribution in [0.4, 0.5) is 24.5 Å². The van der Waals surface area contributed by atoms with E-state index in [1.54, 1.807) is 0 Å². The van der Waals surface area contributed by atoms with Crippen LogP contribution in [0.2, 0.25) is 5.15 Å². The molecule has 0 spiro atoms. The number of carbonyl (C=O) groups excluding carboxylic acids is 2. The Morgan fingerprint density at radius 2 is 1.78 bits per heavy atom. The first kappa shape index (κ1) is 20.9. The fourth-order valence-corrected chi connectivity index (χ4v) is 2.31. The lowest BCUT2D eigenvalue weighted by atomic mass is 10.1. The van der Waals surface area contributed by atoms with Gasteiger partial charge in [0.2, 0.25) is 5.60 Å². The van der Waals surface area contributed by atoms with Gasteiger partial charge in [-0.2, -0.15) is 13.2 Å². The Bertz CT molecular complexity index is 858. The molecule has 2 N–H and O–H groups in total. The summed E-state index contributed by atoms with van der Waals surface area (Å²) in [6.45, 7) is 0.337. The lowest BCUT2D eigenvalue weighted by Gasteiger charge is -2.24. The molecule has 0 radical (unpaired) electrons. The zero-order chi connectivity index (χ0) is 20.4. The van der Waals surface area contributed by atoms with E-state index in [2.05, 4.69) is 4.98 Å². The number of halogens is 5. The van der Waals surface area contributed by atoms with E-state index in [1.165, 1.54) is 42.6 Å². The molecule has 0 unspecified atom stereocenters. The first-order valence-corrected chi connectivity index (χ1v) is 7.98. The van der Waals surface area contributed by atoms with Crippen molar-refractivity contribution in [3.05, 3.63) is 53.3 Å². The average molecular weight is 422 g/mol. The van der Waals surface area contributed by atoms with E-state index >= 15 is 0 Å². The third kappa shape index (κ3) is 4.49. The normalized spacial score (nSPS) is 13.6. The monoisotopic (exact) mass is 421 g/mol. The fraction of sp³-hybridized carbons (Fsp3) is 0.188. The predicted molar refractivity (Wildman–Crippen MR) is 93.7 cm³/mol. The van der Waals surface area contributed by atoms with E-state index in [0.717, 1.165) is 4.42 Å². The van der Waals surface area contributed by atoms with Gasteiger partial charge in [0, 0.05) is 29.2 Å². The summed E-state index contributed by atoms with van der Waals surface area (Å²) in [5, 5.41) is 11.2. The predicted octanol–water partition coefficient (Wildman–Crippen LogP) is 3.79. The molecule has 11 heteroatoms. The summed E-state index contributed by atoms with van der Waals surface area (Å²) >= 11 is 11.8.